The van der Waals surface area contributed by atoms with Crippen LogP contribution >= 0.6 is 0 Å². The van der Waals surface area contributed by atoms with Gasteiger partial charge in [0.15, 0.2) is 6.10 Å². The highest BCUT2D eigenvalue weighted by Crippen LogP contribution is 2.16. The number of esters is 3. The van der Waals surface area contributed by atoms with Gasteiger partial charge in [0.05, 0.1) is 0 Å². The molecule has 0 aliphatic heterocycles. The van der Waals surface area contributed by atoms with E-state index in [0.717, 1.165) is 70.1 Å². The van der Waals surface area contributed by atoms with E-state index in [1.807, 2.05) is 0 Å². The van der Waals surface area contributed by atoms with Gasteiger partial charge in [-0.05, 0) is 25.2 Å². The Morgan fingerprint density at radius 2 is 0.647 bits per heavy atom. The van der Waals surface area contributed by atoms with Gasteiger partial charge >= 0.3 is 17.9 Å². The zero-order chi connectivity index (χ0) is 37.5. The van der Waals surface area contributed by atoms with Crippen LogP contribution in [0.5, 0.6) is 0 Å². The number of unbranched alkanes of at least 4 members (excludes halogenated alkanes) is 27. The Balaban J connectivity index is 4.18. The smallest absolute Gasteiger partial charge is 0.306 e. The van der Waals surface area contributed by atoms with Crippen molar-refractivity contribution in [2.24, 2.45) is 5.92 Å². The minimum Gasteiger partial charge on any atom is -0.462 e. The highest BCUT2D eigenvalue weighted by Gasteiger charge is 2.19. The van der Waals surface area contributed by atoms with E-state index in [4.69, 9.17) is 14.2 Å². The van der Waals surface area contributed by atoms with E-state index in [1.54, 1.807) is 0 Å². The summed E-state index contributed by atoms with van der Waals surface area (Å²) in [4.78, 5) is 37.4. The first-order valence-electron chi connectivity index (χ1n) is 22.4. The van der Waals surface area contributed by atoms with Gasteiger partial charge in [0.25, 0.3) is 0 Å². The van der Waals surface area contributed by atoms with E-state index in [1.165, 1.54) is 135 Å². The minimum absolute atomic E-state index is 0.0649. The van der Waals surface area contributed by atoms with Crippen molar-refractivity contribution >= 4 is 17.9 Å². The zero-order valence-electron chi connectivity index (χ0n) is 34.6. The maximum atomic E-state index is 12.6. The predicted octanol–water partition coefficient (Wildman–Crippen LogP) is 13.9. The molecular weight excluding hydrogens is 636 g/mol. The van der Waals surface area contributed by atoms with Gasteiger partial charge in [-0.15, -0.1) is 0 Å². The van der Waals surface area contributed by atoms with Gasteiger partial charge < -0.3 is 14.2 Å². The quantitative estimate of drug-likeness (QED) is 0.0356. The van der Waals surface area contributed by atoms with Crippen molar-refractivity contribution in [1.82, 2.24) is 0 Å². The number of carbonyl (C=O) groups is 3. The SMILES string of the molecule is CCCCCCCCCCCCCCCCCC(=O)OC[C@H](COC(=O)CCCCCCC)OC(=O)CCCCCCCCCCCCC(C)C. The molecule has 0 saturated heterocycles. The molecule has 51 heavy (non-hydrogen) atoms. The van der Waals surface area contributed by atoms with E-state index < -0.39 is 6.10 Å². The number of hydrogen-bond acceptors (Lipinski definition) is 6. The Morgan fingerprint density at radius 1 is 0.373 bits per heavy atom. The van der Waals surface area contributed by atoms with Crippen molar-refractivity contribution in [3.63, 3.8) is 0 Å². The highest BCUT2D eigenvalue weighted by molar-refractivity contribution is 5.71. The summed E-state index contributed by atoms with van der Waals surface area (Å²) in [5, 5.41) is 0. The second-order valence-electron chi connectivity index (χ2n) is 15.8. The fourth-order valence-corrected chi connectivity index (χ4v) is 6.63. The summed E-state index contributed by atoms with van der Waals surface area (Å²) in [6.45, 7) is 8.90. The van der Waals surface area contributed by atoms with Crippen molar-refractivity contribution in [1.29, 1.82) is 0 Å². The van der Waals surface area contributed by atoms with Crippen molar-refractivity contribution in [3.05, 3.63) is 0 Å². The molecule has 0 N–H and O–H groups in total. The summed E-state index contributed by atoms with van der Waals surface area (Å²) >= 11 is 0. The summed E-state index contributed by atoms with van der Waals surface area (Å²) in [6.07, 6.45) is 38.3. The van der Waals surface area contributed by atoms with Crippen LogP contribution in [0, 0.1) is 5.92 Å². The average molecular weight is 723 g/mol. The van der Waals surface area contributed by atoms with Gasteiger partial charge in [0.2, 0.25) is 0 Å². The first kappa shape index (κ1) is 49.4. The Labute approximate surface area is 317 Å². The lowest BCUT2D eigenvalue weighted by atomic mass is 10.0. The molecule has 0 saturated carbocycles. The Morgan fingerprint density at radius 3 is 0.961 bits per heavy atom. The van der Waals surface area contributed by atoms with Crippen LogP contribution in [0.15, 0.2) is 0 Å². The average Bonchev–Trinajstić information content (AvgIpc) is 3.11. The molecule has 0 bridgehead atoms. The van der Waals surface area contributed by atoms with Crippen LogP contribution in [0.1, 0.15) is 246 Å². The molecule has 6 nitrogen and oxygen atoms in total. The molecule has 0 spiro atoms. The Kier molecular flexibility index (Phi) is 38.4. The molecule has 0 fully saturated rings. The molecule has 0 aromatic heterocycles. The van der Waals surface area contributed by atoms with E-state index in [9.17, 15) is 14.4 Å². The lowest BCUT2D eigenvalue weighted by Crippen LogP contribution is -2.30. The number of carbonyl (C=O) groups excluding carboxylic acids is 3. The van der Waals surface area contributed by atoms with E-state index in [2.05, 4.69) is 27.7 Å². The largest absolute Gasteiger partial charge is 0.462 e. The predicted molar refractivity (Wildman–Crippen MR) is 215 cm³/mol. The molecule has 0 aromatic carbocycles. The third-order valence-electron chi connectivity index (χ3n) is 10.0. The monoisotopic (exact) mass is 723 g/mol. The molecule has 0 rings (SSSR count). The summed E-state index contributed by atoms with van der Waals surface area (Å²) in [5.74, 6) is -0.0529. The van der Waals surface area contributed by atoms with Crippen LogP contribution < -0.4 is 0 Å². The summed E-state index contributed by atoms with van der Waals surface area (Å²) in [7, 11) is 0. The first-order chi connectivity index (χ1) is 24.9. The standard InChI is InChI=1S/C45H86O6/c1-5-7-9-11-12-13-14-15-16-17-18-22-25-29-33-37-44(47)50-40-42(39-49-43(46)36-32-27-10-8-6-2)51-45(48)38-34-30-26-23-20-19-21-24-28-31-35-41(3)4/h41-42H,5-40H2,1-4H3/t42-/m0/s1. The van der Waals surface area contributed by atoms with Gasteiger partial charge in [-0.3, -0.25) is 14.4 Å². The molecule has 0 unspecified atom stereocenters. The molecule has 302 valence electrons. The van der Waals surface area contributed by atoms with Gasteiger partial charge in [-0.25, -0.2) is 0 Å². The fraction of sp³-hybridized carbons (Fsp3) is 0.933. The van der Waals surface area contributed by atoms with Crippen LogP contribution in [0.4, 0.5) is 0 Å². The van der Waals surface area contributed by atoms with Crippen LogP contribution in [-0.2, 0) is 28.6 Å². The maximum absolute atomic E-state index is 12.6. The fourth-order valence-electron chi connectivity index (χ4n) is 6.63. The lowest BCUT2D eigenvalue weighted by Gasteiger charge is -2.18. The molecule has 0 aliphatic rings. The summed E-state index contributed by atoms with van der Waals surface area (Å²) < 4.78 is 16.6. The normalized spacial score (nSPS) is 11.9. The molecule has 6 heteroatoms. The third kappa shape index (κ3) is 39.5. The van der Waals surface area contributed by atoms with Crippen LogP contribution in [0.25, 0.3) is 0 Å². The topological polar surface area (TPSA) is 78.9 Å². The minimum atomic E-state index is -0.757. The second-order valence-corrected chi connectivity index (χ2v) is 15.8. The molecule has 1 atom stereocenters. The highest BCUT2D eigenvalue weighted by atomic mass is 16.6. The lowest BCUT2D eigenvalue weighted by molar-refractivity contribution is -0.167. The first-order valence-corrected chi connectivity index (χ1v) is 22.4. The van der Waals surface area contributed by atoms with Crippen molar-refractivity contribution in [2.45, 2.75) is 252 Å². The second kappa shape index (κ2) is 39.6. The van der Waals surface area contributed by atoms with E-state index in [-0.39, 0.29) is 31.1 Å². The molecule has 0 aliphatic carbocycles. The van der Waals surface area contributed by atoms with Crippen LogP contribution in [-0.4, -0.2) is 37.2 Å². The van der Waals surface area contributed by atoms with Crippen LogP contribution in [0.3, 0.4) is 0 Å². The Hall–Kier alpha value is -1.59. The zero-order valence-corrected chi connectivity index (χ0v) is 34.6. The van der Waals surface area contributed by atoms with Gasteiger partial charge in [-0.1, -0.05) is 207 Å². The number of rotatable bonds is 40. The molecule has 0 heterocycles. The molecule has 0 aromatic rings. The summed E-state index contributed by atoms with van der Waals surface area (Å²) in [5.41, 5.74) is 0. The van der Waals surface area contributed by atoms with E-state index >= 15 is 0 Å². The van der Waals surface area contributed by atoms with Gasteiger partial charge in [0, 0.05) is 19.3 Å². The third-order valence-corrected chi connectivity index (χ3v) is 10.0. The number of hydrogen-bond donors (Lipinski definition) is 0. The molecular formula is C45H86O6. The van der Waals surface area contributed by atoms with Gasteiger partial charge in [0.1, 0.15) is 13.2 Å². The summed E-state index contributed by atoms with van der Waals surface area (Å²) in [6, 6.07) is 0. The van der Waals surface area contributed by atoms with Crippen molar-refractivity contribution in [2.75, 3.05) is 13.2 Å². The molecule has 0 amide bonds. The van der Waals surface area contributed by atoms with E-state index in [0.29, 0.717) is 19.3 Å². The van der Waals surface area contributed by atoms with Crippen molar-refractivity contribution < 1.29 is 28.6 Å². The Bertz CT molecular complexity index is 766. The molecule has 0 radical (unpaired) electrons. The van der Waals surface area contributed by atoms with Crippen LogP contribution in [0.2, 0.25) is 0 Å². The maximum Gasteiger partial charge on any atom is 0.306 e. The number of ether oxygens (including phenoxy) is 3. The van der Waals surface area contributed by atoms with Crippen molar-refractivity contribution in [3.8, 4) is 0 Å². The van der Waals surface area contributed by atoms with Gasteiger partial charge in [-0.2, -0.15) is 0 Å².